The van der Waals surface area contributed by atoms with Gasteiger partial charge < -0.3 is 18.9 Å². The Morgan fingerprint density at radius 2 is 0.725 bits per heavy atom. The predicted molar refractivity (Wildman–Crippen MR) is 211 cm³/mol. The molecule has 0 aliphatic heterocycles. The van der Waals surface area contributed by atoms with E-state index in [0.29, 0.717) is 0 Å². The summed E-state index contributed by atoms with van der Waals surface area (Å²) in [6.07, 6.45) is 34.9. The van der Waals surface area contributed by atoms with Crippen molar-refractivity contribution in [2.24, 2.45) is 0 Å². The number of amides is 2. The van der Waals surface area contributed by atoms with Crippen LogP contribution in [-0.4, -0.2) is 124 Å². The summed E-state index contributed by atoms with van der Waals surface area (Å²) in [5, 5.41) is 0. The molecule has 0 atom stereocenters. The summed E-state index contributed by atoms with van der Waals surface area (Å²) in [7, 11) is -5.15. The topological polar surface area (TPSA) is 155 Å². The summed E-state index contributed by atoms with van der Waals surface area (Å²) in [5.74, 6) is -1.13. The van der Waals surface area contributed by atoms with Crippen LogP contribution in [-0.2, 0) is 29.8 Å². The zero-order valence-electron chi connectivity index (χ0n) is 32.8. The van der Waals surface area contributed by atoms with Gasteiger partial charge in [0.05, 0.1) is 20.2 Å². The molecule has 0 bridgehead atoms. The fraction of sp³-hybridized carbons (Fsp3) is 0.842. The van der Waals surface area contributed by atoms with E-state index in [9.17, 15) is 35.5 Å². The molecule has 0 N–H and O–H groups in total. The van der Waals surface area contributed by atoms with Crippen LogP contribution in [0.3, 0.4) is 0 Å². The summed E-state index contributed by atoms with van der Waals surface area (Å²) in [6.45, 7) is 5.04. The maximum Gasteiger partial charge on any atom is 2.00 e. The second kappa shape index (κ2) is 37.8. The van der Waals surface area contributed by atoms with Gasteiger partial charge in [0.2, 0.25) is 11.8 Å². The van der Waals surface area contributed by atoms with Crippen LogP contribution in [0.2, 0.25) is 0 Å². The molecule has 0 fully saturated rings. The van der Waals surface area contributed by atoms with Gasteiger partial charge in [0, 0.05) is 38.7 Å². The maximum absolute atomic E-state index is 11.8. The minimum Gasteiger partial charge on any atom is -0.748 e. The van der Waals surface area contributed by atoms with Crippen molar-refractivity contribution in [3.8, 4) is 0 Å². The summed E-state index contributed by atoms with van der Waals surface area (Å²) in [6, 6.07) is 0. The number of carbonyl (C=O) groups excluding carboxylic acids is 2. The first-order valence-corrected chi connectivity index (χ1v) is 22.6. The van der Waals surface area contributed by atoms with Crippen LogP contribution in [0.1, 0.15) is 168 Å². The van der Waals surface area contributed by atoms with E-state index in [-0.39, 0.29) is 75.5 Å². The van der Waals surface area contributed by atoms with Crippen LogP contribution >= 0.6 is 0 Å². The number of likely N-dealkylation sites (N-methyl/N-ethyl adjacent to an activating group) is 2. The third kappa shape index (κ3) is 45.6. The van der Waals surface area contributed by atoms with Gasteiger partial charge in [-0.25, -0.2) is 16.8 Å². The first-order valence-electron chi connectivity index (χ1n) is 19.4. The summed E-state index contributed by atoms with van der Waals surface area (Å²) in [4.78, 5) is 26.5. The molecule has 0 spiro atoms. The first-order chi connectivity index (χ1) is 23.7. The van der Waals surface area contributed by atoms with Crippen molar-refractivity contribution in [1.29, 1.82) is 0 Å². The van der Waals surface area contributed by atoms with Crippen LogP contribution in [0.25, 0.3) is 0 Å². The molecule has 0 radical (unpaired) electrons. The Hall–Kier alpha value is -0.500. The van der Waals surface area contributed by atoms with Gasteiger partial charge >= 0.3 is 37.7 Å². The van der Waals surface area contributed by atoms with E-state index < -0.39 is 31.7 Å². The third-order valence-corrected chi connectivity index (χ3v) is 10.1. The minimum atomic E-state index is -4.19. The van der Waals surface area contributed by atoms with Gasteiger partial charge in [-0.1, -0.05) is 142 Å². The van der Waals surface area contributed by atoms with Crippen LogP contribution in [0.5, 0.6) is 0 Å². The molecule has 10 nitrogen and oxygen atoms in total. The van der Waals surface area contributed by atoms with Gasteiger partial charge in [-0.05, 0) is 50.7 Å². The SMILES string of the molecule is CCCCCCCCCCCC/C=C/C(=O)N(C)CCCS(=O)(=O)[O-].CCCCCCCCCCCC/C=C/C(=O)N(C)CCCS(=O)(=O)[O-].[Ca+2]. The Morgan fingerprint density at radius 3 is 0.980 bits per heavy atom. The minimum absolute atomic E-state index is 0. The van der Waals surface area contributed by atoms with Gasteiger partial charge in [0.15, 0.2) is 0 Å². The average Bonchev–Trinajstić information content (AvgIpc) is 3.04. The smallest absolute Gasteiger partial charge is 0.748 e. The molecule has 0 aliphatic carbocycles. The number of nitrogens with zero attached hydrogens (tertiary/aromatic N) is 2. The average molecular weight is 789 g/mol. The molecule has 0 saturated carbocycles. The Kier molecular flexibility index (Phi) is 40.6. The molecule has 0 unspecified atom stereocenters. The van der Waals surface area contributed by atoms with Crippen molar-refractivity contribution in [3.05, 3.63) is 24.3 Å². The van der Waals surface area contributed by atoms with E-state index in [0.717, 1.165) is 25.7 Å². The molecule has 296 valence electrons. The summed E-state index contributed by atoms with van der Waals surface area (Å²) < 4.78 is 63.0. The van der Waals surface area contributed by atoms with Crippen molar-refractivity contribution >= 4 is 69.8 Å². The normalized spacial score (nSPS) is 11.7. The summed E-state index contributed by atoms with van der Waals surface area (Å²) >= 11 is 0. The molecule has 0 aliphatic rings. The zero-order chi connectivity index (χ0) is 37.9. The molecular weight excluding hydrogens is 717 g/mol. The number of unbranched alkanes of at least 4 members (excludes halogenated alkanes) is 20. The Bertz CT molecular complexity index is 1010. The van der Waals surface area contributed by atoms with E-state index in [1.165, 1.54) is 125 Å². The van der Waals surface area contributed by atoms with E-state index in [1.807, 2.05) is 12.2 Å². The Balaban J connectivity index is -0.000000886. The zero-order valence-corrected chi connectivity index (χ0v) is 36.6. The van der Waals surface area contributed by atoms with Gasteiger partial charge in [0.25, 0.3) is 0 Å². The number of allylic oxidation sites excluding steroid dienone is 2. The first kappa shape index (κ1) is 54.8. The van der Waals surface area contributed by atoms with Gasteiger partial charge in [-0.15, -0.1) is 0 Å². The van der Waals surface area contributed by atoms with Gasteiger partial charge in [-0.3, -0.25) is 9.59 Å². The molecule has 0 aromatic heterocycles. The molecule has 0 aromatic carbocycles. The molecule has 51 heavy (non-hydrogen) atoms. The summed E-state index contributed by atoms with van der Waals surface area (Å²) in [5.41, 5.74) is 0. The standard InChI is InChI=1S/2C19H37NO4S.Ca/c2*1-3-4-5-6-7-8-9-10-11-12-13-14-16-19(21)20(2)17-15-18-25(22,23)24;/h2*14,16H,3-13,15,17-18H2,1-2H3,(H,22,23,24);/q;;+2/p-2/b2*16-14+;. The van der Waals surface area contributed by atoms with Crippen LogP contribution < -0.4 is 0 Å². The Labute approximate surface area is 343 Å². The van der Waals surface area contributed by atoms with E-state index >= 15 is 0 Å². The number of hydrogen-bond acceptors (Lipinski definition) is 8. The molecule has 2 amide bonds. The molecule has 0 heterocycles. The van der Waals surface area contributed by atoms with Crippen molar-refractivity contribution in [2.45, 2.75) is 168 Å². The van der Waals surface area contributed by atoms with E-state index in [4.69, 9.17) is 0 Å². The second-order valence-corrected chi connectivity index (χ2v) is 16.5. The third-order valence-electron chi connectivity index (χ3n) is 8.50. The molecule has 0 rings (SSSR count). The number of carbonyl (C=O) groups is 2. The molecule has 0 saturated heterocycles. The number of hydrogen-bond donors (Lipinski definition) is 0. The fourth-order valence-corrected chi connectivity index (χ4v) is 6.26. The van der Waals surface area contributed by atoms with Crippen molar-refractivity contribution in [3.63, 3.8) is 0 Å². The monoisotopic (exact) mass is 788 g/mol. The van der Waals surface area contributed by atoms with E-state index in [1.54, 1.807) is 26.2 Å². The van der Waals surface area contributed by atoms with Crippen LogP contribution in [0, 0.1) is 0 Å². The largest absolute Gasteiger partial charge is 2.00 e. The fourth-order valence-electron chi connectivity index (χ4n) is 5.30. The molecule has 0 aromatic rings. The van der Waals surface area contributed by atoms with Gasteiger partial charge in [-0.2, -0.15) is 0 Å². The number of rotatable bonds is 32. The van der Waals surface area contributed by atoms with E-state index in [2.05, 4.69) is 13.8 Å². The predicted octanol–water partition coefficient (Wildman–Crippen LogP) is 8.11. The molecular formula is C38H72CaN2O8S2. The van der Waals surface area contributed by atoms with Crippen LogP contribution in [0.4, 0.5) is 0 Å². The molecule has 13 heteroatoms. The maximum atomic E-state index is 11.8. The van der Waals surface area contributed by atoms with Crippen molar-refractivity contribution < 1.29 is 35.5 Å². The second-order valence-electron chi connectivity index (χ2n) is 13.5. The van der Waals surface area contributed by atoms with Crippen molar-refractivity contribution in [2.75, 3.05) is 38.7 Å². The van der Waals surface area contributed by atoms with Gasteiger partial charge in [0.1, 0.15) is 0 Å². The quantitative estimate of drug-likeness (QED) is 0.0287. The van der Waals surface area contributed by atoms with Crippen molar-refractivity contribution in [1.82, 2.24) is 9.80 Å². The Morgan fingerprint density at radius 1 is 0.471 bits per heavy atom. The van der Waals surface area contributed by atoms with Crippen LogP contribution in [0.15, 0.2) is 24.3 Å².